The van der Waals surface area contributed by atoms with Gasteiger partial charge in [0.25, 0.3) is 0 Å². The van der Waals surface area contributed by atoms with Crippen LogP contribution >= 0.6 is 0 Å². The molecule has 2 bridgehead atoms. The summed E-state index contributed by atoms with van der Waals surface area (Å²) in [6.45, 7) is 1.15. The largest absolute Gasteiger partial charge is 0.393 e. The summed E-state index contributed by atoms with van der Waals surface area (Å²) in [6.07, 6.45) is 3.38. The number of nitrogens with one attached hydrogen (secondary N) is 1. The minimum absolute atomic E-state index is 0.0478. The zero-order valence-electron chi connectivity index (χ0n) is 10.8. The van der Waals surface area contributed by atoms with Crippen LogP contribution in [0.4, 0.5) is 0 Å². The molecule has 3 fully saturated rings. The van der Waals surface area contributed by atoms with Gasteiger partial charge in [0.1, 0.15) is 0 Å². The zero-order valence-corrected chi connectivity index (χ0v) is 10.8. The molecule has 3 aliphatic rings. The van der Waals surface area contributed by atoms with E-state index in [1.165, 1.54) is 0 Å². The van der Waals surface area contributed by atoms with Gasteiger partial charge in [-0.1, -0.05) is 0 Å². The lowest BCUT2D eigenvalue weighted by molar-refractivity contribution is -0.142. The Kier molecular flexibility index (Phi) is 3.30. The average Bonchev–Trinajstić information content (AvgIpc) is 2.92. The van der Waals surface area contributed by atoms with E-state index in [1.54, 1.807) is 0 Å². The van der Waals surface area contributed by atoms with Gasteiger partial charge in [0.15, 0.2) is 0 Å². The van der Waals surface area contributed by atoms with Crippen LogP contribution in [0, 0.1) is 5.92 Å². The maximum Gasteiger partial charge on any atom is 0.230 e. The van der Waals surface area contributed by atoms with Crippen LogP contribution in [0.1, 0.15) is 25.7 Å². The molecule has 0 saturated carbocycles. The molecule has 0 aromatic carbocycles. The molecule has 0 aromatic heterocycles. The molecule has 0 aromatic rings. The Balaban J connectivity index is 1.73. The van der Waals surface area contributed by atoms with E-state index in [9.17, 15) is 9.90 Å². The minimum atomic E-state index is -0.216. The Labute approximate surface area is 107 Å². The molecule has 1 amide bonds. The second-order valence-corrected chi connectivity index (χ2v) is 5.79. The van der Waals surface area contributed by atoms with Crippen LogP contribution in [0.3, 0.4) is 0 Å². The Morgan fingerprint density at radius 1 is 1.28 bits per heavy atom. The van der Waals surface area contributed by atoms with Gasteiger partial charge in [0, 0.05) is 18.1 Å². The SMILES string of the molecule is CNC1COCC1C(=O)N1C2CCC1CC(O)C2. The normalized spacial score (nSPS) is 43.4. The fraction of sp³-hybridized carbons (Fsp3) is 0.923. The number of carbonyl (C=O) groups excluding carboxylic acids is 1. The summed E-state index contributed by atoms with van der Waals surface area (Å²) in [5.74, 6) is 0.180. The number of aliphatic hydroxyl groups is 1. The molecule has 3 aliphatic heterocycles. The third kappa shape index (κ3) is 1.94. The topological polar surface area (TPSA) is 61.8 Å². The maximum absolute atomic E-state index is 12.7. The number of carbonyl (C=O) groups is 1. The molecule has 3 heterocycles. The third-order valence-electron chi connectivity index (χ3n) is 4.73. The summed E-state index contributed by atoms with van der Waals surface area (Å²) in [6, 6.07) is 0.650. The number of hydrogen-bond acceptors (Lipinski definition) is 4. The number of rotatable bonds is 2. The summed E-state index contributed by atoms with van der Waals surface area (Å²) in [5.41, 5.74) is 0. The van der Waals surface area contributed by atoms with Crippen LogP contribution < -0.4 is 5.32 Å². The molecule has 0 aliphatic carbocycles. The van der Waals surface area contributed by atoms with Gasteiger partial charge in [-0.2, -0.15) is 0 Å². The standard InChI is InChI=1S/C13H22N2O3/c1-14-12-7-18-6-11(12)13(17)15-8-2-3-9(15)5-10(16)4-8/h8-12,14,16H,2-7H2,1H3. The molecule has 5 heteroatoms. The molecular weight excluding hydrogens is 232 g/mol. The third-order valence-corrected chi connectivity index (χ3v) is 4.73. The lowest BCUT2D eigenvalue weighted by atomic mass is 9.95. The summed E-state index contributed by atoms with van der Waals surface area (Å²) in [7, 11) is 1.88. The smallest absolute Gasteiger partial charge is 0.230 e. The number of piperidine rings is 1. The quantitative estimate of drug-likeness (QED) is 0.712. The van der Waals surface area contributed by atoms with Gasteiger partial charge in [-0.15, -0.1) is 0 Å². The molecule has 3 saturated heterocycles. The molecule has 102 valence electrons. The second-order valence-electron chi connectivity index (χ2n) is 5.79. The van der Waals surface area contributed by atoms with Crippen LogP contribution in [0.5, 0.6) is 0 Å². The molecule has 5 nitrogen and oxygen atoms in total. The molecule has 0 radical (unpaired) electrons. The molecule has 3 rings (SSSR count). The van der Waals surface area contributed by atoms with E-state index in [0.29, 0.717) is 13.2 Å². The van der Waals surface area contributed by atoms with Crippen LogP contribution in [0.15, 0.2) is 0 Å². The van der Waals surface area contributed by atoms with Crippen LogP contribution in [-0.2, 0) is 9.53 Å². The van der Waals surface area contributed by atoms with Crippen molar-refractivity contribution in [3.63, 3.8) is 0 Å². The van der Waals surface area contributed by atoms with Gasteiger partial charge in [-0.25, -0.2) is 0 Å². The first-order valence-electron chi connectivity index (χ1n) is 6.96. The van der Waals surface area contributed by atoms with Crippen molar-refractivity contribution in [1.82, 2.24) is 10.2 Å². The van der Waals surface area contributed by atoms with Crippen LogP contribution in [0.25, 0.3) is 0 Å². The maximum atomic E-state index is 12.7. The number of nitrogens with zero attached hydrogens (tertiary/aromatic N) is 1. The molecule has 0 spiro atoms. The Bertz CT molecular complexity index is 322. The fourth-order valence-electron chi connectivity index (χ4n) is 3.78. The number of likely N-dealkylation sites (N-methyl/N-ethyl adjacent to an activating group) is 1. The molecule has 18 heavy (non-hydrogen) atoms. The van der Waals surface area contributed by atoms with Crippen molar-refractivity contribution in [3.8, 4) is 0 Å². The highest BCUT2D eigenvalue weighted by molar-refractivity contribution is 5.81. The van der Waals surface area contributed by atoms with Crippen molar-refractivity contribution in [2.75, 3.05) is 20.3 Å². The predicted molar refractivity (Wildman–Crippen MR) is 66.1 cm³/mol. The lowest BCUT2D eigenvalue weighted by Gasteiger charge is -2.39. The van der Waals surface area contributed by atoms with E-state index in [2.05, 4.69) is 10.2 Å². The van der Waals surface area contributed by atoms with Crippen molar-refractivity contribution >= 4 is 5.91 Å². The van der Waals surface area contributed by atoms with Gasteiger partial charge < -0.3 is 20.1 Å². The number of hydrogen-bond donors (Lipinski definition) is 2. The van der Waals surface area contributed by atoms with E-state index in [4.69, 9.17) is 4.74 Å². The van der Waals surface area contributed by atoms with Crippen molar-refractivity contribution in [1.29, 1.82) is 0 Å². The Hall–Kier alpha value is -0.650. The van der Waals surface area contributed by atoms with Gasteiger partial charge in [-0.05, 0) is 32.7 Å². The first-order chi connectivity index (χ1) is 8.70. The lowest BCUT2D eigenvalue weighted by Crippen LogP contribution is -2.53. The molecule has 2 N–H and O–H groups in total. The van der Waals surface area contributed by atoms with Crippen LogP contribution in [0.2, 0.25) is 0 Å². The molecular formula is C13H22N2O3. The van der Waals surface area contributed by atoms with Crippen LogP contribution in [-0.4, -0.2) is 60.4 Å². The highest BCUT2D eigenvalue weighted by Crippen LogP contribution is 2.37. The molecule has 4 unspecified atom stereocenters. The van der Waals surface area contributed by atoms with E-state index in [1.807, 2.05) is 7.05 Å². The first kappa shape index (κ1) is 12.4. The number of amides is 1. The number of aliphatic hydroxyl groups excluding tert-OH is 1. The average molecular weight is 254 g/mol. The second kappa shape index (κ2) is 4.79. The monoisotopic (exact) mass is 254 g/mol. The van der Waals surface area contributed by atoms with Crippen molar-refractivity contribution in [2.24, 2.45) is 5.92 Å². The van der Waals surface area contributed by atoms with Gasteiger partial charge in [-0.3, -0.25) is 4.79 Å². The summed E-state index contributed by atoms with van der Waals surface area (Å²) in [4.78, 5) is 14.7. The fourth-order valence-corrected chi connectivity index (χ4v) is 3.78. The summed E-state index contributed by atoms with van der Waals surface area (Å²) in [5, 5.41) is 12.9. The van der Waals surface area contributed by atoms with E-state index in [0.717, 1.165) is 25.7 Å². The number of fused-ring (bicyclic) bond motifs is 2. The first-order valence-corrected chi connectivity index (χ1v) is 6.96. The van der Waals surface area contributed by atoms with Gasteiger partial charge in [0.2, 0.25) is 5.91 Å². The van der Waals surface area contributed by atoms with Crippen molar-refractivity contribution in [3.05, 3.63) is 0 Å². The van der Waals surface area contributed by atoms with Gasteiger partial charge >= 0.3 is 0 Å². The predicted octanol–water partition coefficient (Wildman–Crippen LogP) is -0.265. The van der Waals surface area contributed by atoms with E-state index in [-0.39, 0.29) is 36.1 Å². The summed E-state index contributed by atoms with van der Waals surface area (Å²) < 4.78 is 5.43. The Morgan fingerprint density at radius 3 is 2.56 bits per heavy atom. The van der Waals surface area contributed by atoms with Crippen molar-refractivity contribution in [2.45, 2.75) is 49.9 Å². The van der Waals surface area contributed by atoms with E-state index < -0.39 is 0 Å². The van der Waals surface area contributed by atoms with Crippen molar-refractivity contribution < 1.29 is 14.6 Å². The zero-order chi connectivity index (χ0) is 12.7. The molecule has 4 atom stereocenters. The number of ether oxygens (including phenoxy) is 1. The highest BCUT2D eigenvalue weighted by Gasteiger charge is 2.46. The minimum Gasteiger partial charge on any atom is -0.393 e. The van der Waals surface area contributed by atoms with Gasteiger partial charge in [0.05, 0.1) is 25.2 Å². The summed E-state index contributed by atoms with van der Waals surface area (Å²) >= 11 is 0. The van der Waals surface area contributed by atoms with E-state index >= 15 is 0 Å². The highest BCUT2D eigenvalue weighted by atomic mass is 16.5. The Morgan fingerprint density at radius 2 is 1.94 bits per heavy atom.